The lowest BCUT2D eigenvalue weighted by Gasteiger charge is -2.37. The Hall–Kier alpha value is -1.48. The Bertz CT molecular complexity index is 840. The van der Waals surface area contributed by atoms with Crippen LogP contribution in [0.1, 0.15) is 159 Å². The van der Waals surface area contributed by atoms with Gasteiger partial charge in [0.1, 0.15) is 0 Å². The zero-order valence-electron chi connectivity index (χ0n) is 25.1. The molecule has 0 heterocycles. The molecule has 210 valence electrons. The number of rotatable bonds is 11. The fourth-order valence-electron chi connectivity index (χ4n) is 8.04. The summed E-state index contributed by atoms with van der Waals surface area (Å²) in [6.45, 7) is 4.64. The lowest BCUT2D eigenvalue weighted by Crippen LogP contribution is -2.25. The molecule has 0 aromatic heterocycles. The summed E-state index contributed by atoms with van der Waals surface area (Å²) in [4.78, 5) is 0. The van der Waals surface area contributed by atoms with Gasteiger partial charge in [-0.15, -0.1) is 0 Å². The number of unbranched alkanes of at least 4 members (excludes halogenated alkanes) is 4. The van der Waals surface area contributed by atoms with E-state index >= 15 is 0 Å². The van der Waals surface area contributed by atoms with Crippen LogP contribution in [0.2, 0.25) is 0 Å². The summed E-state index contributed by atoms with van der Waals surface area (Å²) in [5, 5.41) is 0. The fraction of sp³-hybridized carbons (Fsp3) is 0.737. The Morgan fingerprint density at radius 2 is 1.21 bits per heavy atom. The van der Waals surface area contributed by atoms with Crippen LogP contribution in [0.5, 0.6) is 0 Å². The predicted octanol–water partition coefficient (Wildman–Crippen LogP) is 11.6. The van der Waals surface area contributed by atoms with E-state index in [-0.39, 0.29) is 0 Å². The molecule has 0 saturated heterocycles. The Morgan fingerprint density at radius 1 is 0.632 bits per heavy atom. The molecule has 3 aliphatic rings. The van der Waals surface area contributed by atoms with E-state index in [2.05, 4.69) is 62.1 Å². The van der Waals surface area contributed by atoms with Crippen LogP contribution in [-0.2, 0) is 0 Å². The third-order valence-corrected chi connectivity index (χ3v) is 10.7. The first kappa shape index (κ1) is 29.5. The quantitative estimate of drug-likeness (QED) is 0.203. The van der Waals surface area contributed by atoms with Crippen LogP contribution in [0.25, 0.3) is 0 Å². The van der Waals surface area contributed by atoms with Gasteiger partial charge in [-0.3, -0.25) is 0 Å². The van der Waals surface area contributed by atoms with Crippen molar-refractivity contribution in [1.82, 2.24) is 0 Å². The van der Waals surface area contributed by atoms with Crippen molar-refractivity contribution in [2.45, 2.75) is 148 Å². The van der Waals surface area contributed by atoms with Crippen molar-refractivity contribution in [3.63, 3.8) is 0 Å². The van der Waals surface area contributed by atoms with Gasteiger partial charge in [0.2, 0.25) is 0 Å². The van der Waals surface area contributed by atoms with Crippen LogP contribution in [0.4, 0.5) is 0 Å². The molecule has 38 heavy (non-hydrogen) atoms. The molecule has 0 aliphatic heterocycles. The molecular weight excluding hydrogens is 456 g/mol. The van der Waals surface area contributed by atoms with Gasteiger partial charge in [0.25, 0.3) is 0 Å². The first-order valence-electron chi connectivity index (χ1n) is 17.0. The second-order valence-electron chi connectivity index (χ2n) is 13.4. The SMILES string of the molecule is CCCCCCC1CCC(C2CCC(C=CC#Cc3ccc(C4CCC(CCCC)CC4)cc3)CC2)CC1. The van der Waals surface area contributed by atoms with Crippen LogP contribution >= 0.6 is 0 Å². The van der Waals surface area contributed by atoms with Crippen LogP contribution in [0.15, 0.2) is 36.4 Å². The average Bonchev–Trinajstić information content (AvgIpc) is 2.98. The predicted molar refractivity (Wildman–Crippen MR) is 166 cm³/mol. The summed E-state index contributed by atoms with van der Waals surface area (Å²) in [5.41, 5.74) is 2.71. The highest BCUT2D eigenvalue weighted by Gasteiger charge is 2.30. The minimum atomic E-state index is 0.755. The Balaban J connectivity index is 1.12. The van der Waals surface area contributed by atoms with Gasteiger partial charge in [0.15, 0.2) is 0 Å². The molecule has 1 aromatic carbocycles. The molecule has 0 nitrogen and oxygen atoms in total. The number of allylic oxidation sites excluding steroid dienone is 2. The van der Waals surface area contributed by atoms with Gasteiger partial charge < -0.3 is 0 Å². The summed E-state index contributed by atoms with van der Waals surface area (Å²) in [6.07, 6.45) is 33.4. The molecule has 0 heteroatoms. The van der Waals surface area contributed by atoms with E-state index < -0.39 is 0 Å². The second kappa shape index (κ2) is 16.6. The van der Waals surface area contributed by atoms with Crippen molar-refractivity contribution in [3.8, 4) is 11.8 Å². The molecule has 0 unspecified atom stereocenters. The molecule has 0 spiro atoms. The van der Waals surface area contributed by atoms with E-state index in [1.807, 2.05) is 0 Å². The highest BCUT2D eigenvalue weighted by Crippen LogP contribution is 2.42. The van der Waals surface area contributed by atoms with E-state index in [1.54, 1.807) is 0 Å². The highest BCUT2D eigenvalue weighted by molar-refractivity contribution is 5.39. The smallest absolute Gasteiger partial charge is 0.0249 e. The van der Waals surface area contributed by atoms with Crippen molar-refractivity contribution in [3.05, 3.63) is 47.5 Å². The summed E-state index contributed by atoms with van der Waals surface area (Å²) in [6, 6.07) is 9.22. The molecule has 0 N–H and O–H groups in total. The van der Waals surface area contributed by atoms with Gasteiger partial charge in [0.05, 0.1) is 0 Å². The minimum absolute atomic E-state index is 0.755. The average molecular weight is 515 g/mol. The third-order valence-electron chi connectivity index (χ3n) is 10.7. The van der Waals surface area contributed by atoms with Gasteiger partial charge in [-0.25, -0.2) is 0 Å². The molecule has 3 aliphatic carbocycles. The van der Waals surface area contributed by atoms with Crippen molar-refractivity contribution >= 4 is 0 Å². The maximum absolute atomic E-state index is 3.39. The third kappa shape index (κ3) is 9.61. The first-order valence-corrected chi connectivity index (χ1v) is 17.0. The first-order chi connectivity index (χ1) is 18.7. The molecule has 1 aromatic rings. The molecule has 3 fully saturated rings. The standard InChI is InChI=1S/C38H58/c1-3-5-7-8-12-32-17-25-36(26-18-32)38-29-21-34(22-30-38)14-10-9-13-33-19-27-37(28-20-33)35-23-15-31(16-24-35)11-6-4-2/h10,14,19-20,27-28,31-32,34-36,38H,3-8,11-12,15-18,21-26,29-30H2,1-2H3. The minimum Gasteiger partial charge on any atom is -0.0730 e. The maximum Gasteiger partial charge on any atom is 0.0249 e. The topological polar surface area (TPSA) is 0 Å². The summed E-state index contributed by atoms with van der Waals surface area (Å²) >= 11 is 0. The number of hydrogen-bond acceptors (Lipinski definition) is 0. The molecular formula is C38H58. The van der Waals surface area contributed by atoms with Crippen molar-refractivity contribution in [2.75, 3.05) is 0 Å². The van der Waals surface area contributed by atoms with Gasteiger partial charge in [0, 0.05) is 5.56 Å². The molecule has 0 bridgehead atoms. The summed E-state index contributed by atoms with van der Waals surface area (Å²) in [7, 11) is 0. The van der Waals surface area contributed by atoms with Crippen molar-refractivity contribution in [1.29, 1.82) is 0 Å². The lowest BCUT2D eigenvalue weighted by molar-refractivity contribution is 0.151. The zero-order valence-corrected chi connectivity index (χ0v) is 25.1. The second-order valence-corrected chi connectivity index (χ2v) is 13.4. The normalized spacial score (nSPS) is 30.2. The van der Waals surface area contributed by atoms with E-state index in [9.17, 15) is 0 Å². The molecule has 0 atom stereocenters. The van der Waals surface area contributed by atoms with Crippen LogP contribution in [-0.4, -0.2) is 0 Å². The highest BCUT2D eigenvalue weighted by atomic mass is 14.4. The number of hydrogen-bond donors (Lipinski definition) is 0. The zero-order chi connectivity index (χ0) is 26.4. The molecule has 0 amide bonds. The van der Waals surface area contributed by atoms with E-state index in [1.165, 1.54) is 140 Å². The van der Waals surface area contributed by atoms with Crippen LogP contribution in [0, 0.1) is 41.4 Å². The largest absolute Gasteiger partial charge is 0.0730 e. The van der Waals surface area contributed by atoms with Crippen molar-refractivity contribution < 1.29 is 0 Å². The van der Waals surface area contributed by atoms with E-state index in [0.29, 0.717) is 0 Å². The monoisotopic (exact) mass is 514 g/mol. The summed E-state index contributed by atoms with van der Waals surface area (Å²) in [5.74, 6) is 12.4. The molecule has 3 saturated carbocycles. The number of benzene rings is 1. The summed E-state index contributed by atoms with van der Waals surface area (Å²) < 4.78 is 0. The van der Waals surface area contributed by atoms with Gasteiger partial charge in [-0.05, 0) is 123 Å². The molecule has 0 radical (unpaired) electrons. The Kier molecular flexibility index (Phi) is 12.9. The van der Waals surface area contributed by atoms with E-state index in [0.717, 1.165) is 35.5 Å². The lowest BCUT2D eigenvalue weighted by atomic mass is 9.68. The van der Waals surface area contributed by atoms with E-state index in [4.69, 9.17) is 0 Å². The molecule has 4 rings (SSSR count). The fourth-order valence-corrected chi connectivity index (χ4v) is 8.04. The van der Waals surface area contributed by atoms with Gasteiger partial charge >= 0.3 is 0 Å². The Labute approximate surface area is 236 Å². The van der Waals surface area contributed by atoms with Crippen molar-refractivity contribution in [2.24, 2.45) is 29.6 Å². The van der Waals surface area contributed by atoms with Gasteiger partial charge in [-0.2, -0.15) is 0 Å². The van der Waals surface area contributed by atoms with Gasteiger partial charge in [-0.1, -0.05) is 108 Å². The maximum atomic E-state index is 3.39. The Morgan fingerprint density at radius 3 is 1.84 bits per heavy atom. The van der Waals surface area contributed by atoms with Crippen LogP contribution in [0.3, 0.4) is 0 Å². The van der Waals surface area contributed by atoms with Crippen LogP contribution < -0.4 is 0 Å².